The Hall–Kier alpha value is -3.25. The highest BCUT2D eigenvalue weighted by atomic mass is 16.5. The maximum Gasteiger partial charge on any atom is 0.406 e. The summed E-state index contributed by atoms with van der Waals surface area (Å²) >= 11 is 0. The van der Waals surface area contributed by atoms with E-state index >= 15 is 0 Å². The molecule has 6 N–H and O–H groups in total. The van der Waals surface area contributed by atoms with Gasteiger partial charge in [-0.3, -0.25) is 4.79 Å². The molecule has 220 valence electrons. The number of alkyl carbamates (subject to hydrolysis) is 1. The van der Waals surface area contributed by atoms with Gasteiger partial charge in [-0.1, -0.05) is 38.5 Å². The van der Waals surface area contributed by atoms with Crippen molar-refractivity contribution in [3.63, 3.8) is 0 Å². The fraction of sp³-hybridized carbons (Fsp3) is 0.800. The molecule has 0 spiro atoms. The van der Waals surface area contributed by atoms with Gasteiger partial charge in [-0.15, -0.1) is 0 Å². The molecule has 0 saturated heterocycles. The highest BCUT2D eigenvalue weighted by Gasteiger charge is 2.20. The molecule has 0 aromatic carbocycles. The third kappa shape index (κ3) is 22.0. The zero-order valence-corrected chi connectivity index (χ0v) is 23.1. The number of hydrogen-bond donors (Lipinski definition) is 6. The predicted molar refractivity (Wildman–Crippen MR) is 144 cm³/mol. The van der Waals surface area contributed by atoms with Gasteiger partial charge >= 0.3 is 24.2 Å². The molecule has 0 saturated carbocycles. The zero-order valence-electron chi connectivity index (χ0n) is 23.1. The van der Waals surface area contributed by atoms with Crippen LogP contribution in [0.1, 0.15) is 84.0 Å². The van der Waals surface area contributed by atoms with Gasteiger partial charge in [0.25, 0.3) is 0 Å². The Kier molecular flexibility index (Phi) is 22.0. The van der Waals surface area contributed by atoms with Crippen molar-refractivity contribution in [1.82, 2.24) is 31.5 Å². The van der Waals surface area contributed by atoms with Gasteiger partial charge in [0.1, 0.15) is 0 Å². The fourth-order valence-electron chi connectivity index (χ4n) is 3.55. The van der Waals surface area contributed by atoms with Crippen LogP contribution in [0.25, 0.3) is 0 Å². The van der Waals surface area contributed by atoms with E-state index in [2.05, 4.69) is 31.3 Å². The summed E-state index contributed by atoms with van der Waals surface area (Å²) in [6.07, 6.45) is 8.28. The SMILES string of the molecule is COC(=O)NCCCCCCNC(=O)N(CCCCCCNC(C)=O)C(=O)NCCCCCCNC(=O)O. The second-order valence-corrected chi connectivity index (χ2v) is 8.99. The fourth-order valence-corrected chi connectivity index (χ4v) is 3.55. The molecule has 0 atom stereocenters. The van der Waals surface area contributed by atoms with Crippen molar-refractivity contribution < 1.29 is 33.8 Å². The standard InChI is InChI=1S/C25H48N6O7/c1-21(32)26-15-9-7-8-14-20-31(22(33)27-16-10-3-5-12-18-29-24(35)36)23(34)28-17-11-4-6-13-19-30-25(37)38-2/h29H,3-20H2,1-2H3,(H,26,32)(H,27,33)(H,28,34)(H,30,37)(H,35,36). The van der Waals surface area contributed by atoms with E-state index in [0.29, 0.717) is 45.7 Å². The van der Waals surface area contributed by atoms with Crippen LogP contribution in [-0.2, 0) is 9.53 Å². The van der Waals surface area contributed by atoms with E-state index in [1.54, 1.807) is 0 Å². The third-order valence-corrected chi connectivity index (χ3v) is 5.66. The number of hydrogen-bond acceptors (Lipinski definition) is 6. The number of carbonyl (C=O) groups excluding carboxylic acids is 4. The van der Waals surface area contributed by atoms with E-state index in [1.165, 1.54) is 18.9 Å². The maximum atomic E-state index is 12.7. The topological polar surface area (TPSA) is 178 Å². The van der Waals surface area contributed by atoms with Crippen molar-refractivity contribution in [2.24, 2.45) is 0 Å². The Bertz CT molecular complexity index is 693. The number of amides is 7. The van der Waals surface area contributed by atoms with Crippen molar-refractivity contribution >= 4 is 30.2 Å². The first-order chi connectivity index (χ1) is 18.3. The first-order valence-corrected chi connectivity index (χ1v) is 13.6. The lowest BCUT2D eigenvalue weighted by Gasteiger charge is -2.22. The van der Waals surface area contributed by atoms with Gasteiger partial charge in [0.05, 0.1) is 7.11 Å². The summed E-state index contributed by atoms with van der Waals surface area (Å²) in [5, 5.41) is 21.9. The Labute approximate surface area is 226 Å². The summed E-state index contributed by atoms with van der Waals surface area (Å²) in [6, 6.07) is -0.852. The van der Waals surface area contributed by atoms with Crippen LogP contribution in [0, 0.1) is 0 Å². The molecule has 0 radical (unpaired) electrons. The molecule has 0 unspecified atom stereocenters. The largest absolute Gasteiger partial charge is 0.465 e. The van der Waals surface area contributed by atoms with Gasteiger partial charge in [0.2, 0.25) is 5.91 Å². The predicted octanol–water partition coefficient (Wildman–Crippen LogP) is 3.15. The molecular weight excluding hydrogens is 496 g/mol. The molecule has 13 heteroatoms. The summed E-state index contributed by atoms with van der Waals surface area (Å²) < 4.78 is 4.51. The zero-order chi connectivity index (χ0) is 28.4. The van der Waals surface area contributed by atoms with Gasteiger partial charge in [-0.25, -0.2) is 24.1 Å². The van der Waals surface area contributed by atoms with Gasteiger partial charge in [0, 0.05) is 46.2 Å². The van der Waals surface area contributed by atoms with Gasteiger partial charge < -0.3 is 36.4 Å². The van der Waals surface area contributed by atoms with E-state index in [9.17, 15) is 24.0 Å². The van der Waals surface area contributed by atoms with E-state index in [4.69, 9.17) is 5.11 Å². The number of ether oxygens (including phenoxy) is 1. The Morgan fingerprint density at radius 3 is 1.39 bits per heavy atom. The molecule has 13 nitrogen and oxygen atoms in total. The number of rotatable bonds is 21. The molecule has 0 heterocycles. The number of carbonyl (C=O) groups is 5. The van der Waals surface area contributed by atoms with Crippen LogP contribution in [0.5, 0.6) is 0 Å². The van der Waals surface area contributed by atoms with Crippen LogP contribution >= 0.6 is 0 Å². The average molecular weight is 545 g/mol. The van der Waals surface area contributed by atoms with E-state index < -0.39 is 24.2 Å². The maximum absolute atomic E-state index is 12.7. The van der Waals surface area contributed by atoms with Gasteiger partial charge in [0.15, 0.2) is 0 Å². The molecule has 38 heavy (non-hydrogen) atoms. The van der Waals surface area contributed by atoms with Crippen LogP contribution < -0.4 is 26.6 Å². The molecule has 0 aliphatic rings. The monoisotopic (exact) mass is 544 g/mol. The van der Waals surface area contributed by atoms with E-state index in [-0.39, 0.29) is 5.91 Å². The lowest BCUT2D eigenvalue weighted by molar-refractivity contribution is -0.118. The van der Waals surface area contributed by atoms with E-state index in [0.717, 1.165) is 70.6 Å². The average Bonchev–Trinajstić information content (AvgIpc) is 2.87. The minimum absolute atomic E-state index is 0.0562. The lowest BCUT2D eigenvalue weighted by Crippen LogP contribution is -2.49. The molecular formula is C25H48N6O7. The number of nitrogens with zero attached hydrogens (tertiary/aromatic N) is 1. The Morgan fingerprint density at radius 1 is 0.579 bits per heavy atom. The second-order valence-electron chi connectivity index (χ2n) is 8.99. The van der Waals surface area contributed by atoms with Crippen molar-refractivity contribution in [1.29, 1.82) is 0 Å². The summed E-state index contributed by atoms with van der Waals surface area (Å²) in [5.74, 6) is -0.0562. The summed E-state index contributed by atoms with van der Waals surface area (Å²) in [4.78, 5) is 59.0. The number of unbranched alkanes of at least 4 members (excludes halogenated alkanes) is 9. The summed E-state index contributed by atoms with van der Waals surface area (Å²) in [6.45, 7) is 4.23. The molecule has 0 bridgehead atoms. The van der Waals surface area contributed by atoms with E-state index in [1.807, 2.05) is 0 Å². The highest BCUT2D eigenvalue weighted by Crippen LogP contribution is 2.04. The number of methoxy groups -OCH3 is 1. The van der Waals surface area contributed by atoms with Crippen molar-refractivity contribution in [2.75, 3.05) is 46.4 Å². The molecule has 0 aliphatic heterocycles. The molecule has 7 amide bonds. The normalized spacial score (nSPS) is 10.3. The molecule has 0 aromatic heterocycles. The van der Waals surface area contributed by atoms with Crippen LogP contribution in [0.3, 0.4) is 0 Å². The molecule has 0 aromatic rings. The summed E-state index contributed by atoms with van der Waals surface area (Å²) in [5.41, 5.74) is 0. The smallest absolute Gasteiger partial charge is 0.406 e. The molecule has 0 fully saturated rings. The number of urea groups is 2. The first-order valence-electron chi connectivity index (χ1n) is 13.6. The van der Waals surface area contributed by atoms with Crippen LogP contribution in [-0.4, -0.2) is 86.5 Å². The Balaban J connectivity index is 4.33. The molecule has 0 rings (SSSR count). The number of imide groups is 1. The van der Waals surface area contributed by atoms with Gasteiger partial charge in [-0.05, 0) is 38.5 Å². The second kappa shape index (κ2) is 24.1. The van der Waals surface area contributed by atoms with Crippen molar-refractivity contribution in [3.05, 3.63) is 0 Å². The van der Waals surface area contributed by atoms with Crippen molar-refractivity contribution in [3.8, 4) is 0 Å². The summed E-state index contributed by atoms with van der Waals surface area (Å²) in [7, 11) is 1.32. The minimum Gasteiger partial charge on any atom is -0.465 e. The van der Waals surface area contributed by atoms with Crippen LogP contribution in [0.2, 0.25) is 0 Å². The Morgan fingerprint density at radius 2 is 0.974 bits per heavy atom. The van der Waals surface area contributed by atoms with Crippen LogP contribution in [0.4, 0.5) is 19.2 Å². The van der Waals surface area contributed by atoms with Crippen molar-refractivity contribution in [2.45, 2.75) is 84.0 Å². The van der Waals surface area contributed by atoms with Gasteiger partial charge in [-0.2, -0.15) is 0 Å². The third-order valence-electron chi connectivity index (χ3n) is 5.66. The highest BCUT2D eigenvalue weighted by molar-refractivity contribution is 5.93. The minimum atomic E-state index is -1.03. The quantitative estimate of drug-likeness (QED) is 0.120. The first kappa shape index (κ1) is 34.8. The van der Waals surface area contributed by atoms with Crippen LogP contribution in [0.15, 0.2) is 0 Å². The number of carboxylic acid groups (broad SMARTS) is 1. The number of nitrogens with one attached hydrogen (secondary N) is 5. The molecule has 0 aliphatic carbocycles. The lowest BCUT2D eigenvalue weighted by atomic mass is 10.2.